The number of aryl methyl sites for hydroxylation is 1. The lowest BCUT2D eigenvalue weighted by molar-refractivity contribution is -0.135. The van der Waals surface area contributed by atoms with Gasteiger partial charge in [-0.1, -0.05) is 23.7 Å². The molecule has 1 saturated heterocycles. The van der Waals surface area contributed by atoms with E-state index in [0.717, 1.165) is 44.5 Å². The van der Waals surface area contributed by atoms with Crippen molar-refractivity contribution in [2.75, 3.05) is 33.4 Å². The third-order valence-corrected chi connectivity index (χ3v) is 4.69. The maximum Gasteiger partial charge on any atom is 0.241 e. The lowest BCUT2D eigenvalue weighted by Crippen LogP contribution is -2.51. The zero-order valence-electron chi connectivity index (χ0n) is 15.6. The van der Waals surface area contributed by atoms with E-state index in [9.17, 15) is 9.18 Å². The first kappa shape index (κ1) is 19.5. The van der Waals surface area contributed by atoms with Crippen molar-refractivity contribution in [3.05, 3.63) is 41.9 Å². The van der Waals surface area contributed by atoms with Crippen molar-refractivity contribution < 1.29 is 18.4 Å². The molecule has 146 valence electrons. The lowest BCUT2D eigenvalue weighted by Gasteiger charge is -2.27. The Bertz CT molecular complexity index is 744. The Morgan fingerprint density at radius 2 is 2.22 bits per heavy atom. The molecule has 1 aliphatic rings. The number of benzene rings is 1. The molecule has 1 amide bonds. The van der Waals surface area contributed by atoms with Gasteiger partial charge in [0, 0.05) is 38.2 Å². The van der Waals surface area contributed by atoms with Gasteiger partial charge in [-0.25, -0.2) is 4.39 Å². The molecular weight excluding hydrogens is 349 g/mol. The topological polar surface area (TPSA) is 67.6 Å². The van der Waals surface area contributed by atoms with Gasteiger partial charge in [-0.15, -0.1) is 0 Å². The zero-order valence-corrected chi connectivity index (χ0v) is 15.6. The number of amides is 1. The number of hydrogen-bond donors (Lipinski definition) is 1. The molecule has 2 aromatic rings. The van der Waals surface area contributed by atoms with Crippen LogP contribution in [0.2, 0.25) is 0 Å². The van der Waals surface area contributed by atoms with Gasteiger partial charge < -0.3 is 19.5 Å². The Labute approximate surface area is 158 Å². The van der Waals surface area contributed by atoms with Crippen LogP contribution >= 0.6 is 0 Å². The standard InChI is InChI=1S/C20H26FN3O3/c1-24(20(25)19-14-26-11-9-22-19)10-4-2-3-8-17-13-18(23-27-17)15-6-5-7-16(21)12-15/h5-7,12-13,19,22H,2-4,8-11,14H2,1H3. The van der Waals surface area contributed by atoms with E-state index in [0.29, 0.717) is 24.5 Å². The smallest absolute Gasteiger partial charge is 0.241 e. The molecule has 0 aliphatic carbocycles. The van der Waals surface area contributed by atoms with Crippen molar-refractivity contribution in [3.8, 4) is 11.3 Å². The summed E-state index contributed by atoms with van der Waals surface area (Å²) in [6.45, 7) is 2.55. The van der Waals surface area contributed by atoms with Crippen molar-refractivity contribution in [1.29, 1.82) is 0 Å². The molecule has 0 radical (unpaired) electrons. The first-order valence-corrected chi connectivity index (χ1v) is 9.41. The molecule has 7 heteroatoms. The molecular formula is C20H26FN3O3. The first-order valence-electron chi connectivity index (χ1n) is 9.41. The van der Waals surface area contributed by atoms with E-state index in [-0.39, 0.29) is 17.8 Å². The molecule has 1 unspecified atom stereocenters. The number of morpholine rings is 1. The average molecular weight is 375 g/mol. The lowest BCUT2D eigenvalue weighted by atomic mass is 10.1. The van der Waals surface area contributed by atoms with Crippen LogP contribution in [-0.4, -0.2) is 55.4 Å². The Hall–Kier alpha value is -2.25. The summed E-state index contributed by atoms with van der Waals surface area (Å²) in [5.41, 5.74) is 1.36. The van der Waals surface area contributed by atoms with E-state index < -0.39 is 0 Å². The van der Waals surface area contributed by atoms with Crippen LogP contribution in [0.4, 0.5) is 4.39 Å². The number of carbonyl (C=O) groups excluding carboxylic acids is 1. The number of rotatable bonds is 8. The van der Waals surface area contributed by atoms with Crippen LogP contribution in [0.1, 0.15) is 25.0 Å². The summed E-state index contributed by atoms with van der Waals surface area (Å²) in [6, 6.07) is 7.96. The van der Waals surface area contributed by atoms with Crippen molar-refractivity contribution in [2.45, 2.75) is 31.7 Å². The Balaban J connectivity index is 1.36. The minimum atomic E-state index is -0.286. The van der Waals surface area contributed by atoms with Gasteiger partial charge in [-0.05, 0) is 25.0 Å². The zero-order chi connectivity index (χ0) is 19.1. The number of nitrogens with one attached hydrogen (secondary N) is 1. The third-order valence-electron chi connectivity index (χ3n) is 4.69. The summed E-state index contributed by atoms with van der Waals surface area (Å²) in [6.07, 6.45) is 3.64. The summed E-state index contributed by atoms with van der Waals surface area (Å²) >= 11 is 0. The summed E-state index contributed by atoms with van der Waals surface area (Å²) in [7, 11) is 1.83. The van der Waals surface area contributed by atoms with Gasteiger partial charge in [-0.3, -0.25) is 4.79 Å². The van der Waals surface area contributed by atoms with Gasteiger partial charge in [-0.2, -0.15) is 0 Å². The van der Waals surface area contributed by atoms with Crippen molar-refractivity contribution in [2.24, 2.45) is 0 Å². The fourth-order valence-corrected chi connectivity index (χ4v) is 3.14. The number of unbranched alkanes of at least 4 members (excludes halogenated alkanes) is 2. The van der Waals surface area contributed by atoms with Crippen molar-refractivity contribution >= 4 is 5.91 Å². The molecule has 1 aliphatic heterocycles. The van der Waals surface area contributed by atoms with Gasteiger partial charge in [0.05, 0.1) is 13.2 Å². The van der Waals surface area contributed by atoms with Crippen LogP contribution in [-0.2, 0) is 16.0 Å². The molecule has 0 bridgehead atoms. The van der Waals surface area contributed by atoms with Gasteiger partial charge >= 0.3 is 0 Å². The molecule has 1 fully saturated rings. The minimum absolute atomic E-state index is 0.0877. The second-order valence-electron chi connectivity index (χ2n) is 6.84. The number of likely N-dealkylation sites (N-methyl/N-ethyl adjacent to an activating group) is 1. The highest BCUT2D eigenvalue weighted by molar-refractivity contribution is 5.81. The van der Waals surface area contributed by atoms with Crippen LogP contribution < -0.4 is 5.32 Å². The van der Waals surface area contributed by atoms with E-state index in [2.05, 4.69) is 10.5 Å². The second kappa shape index (κ2) is 9.62. The highest BCUT2D eigenvalue weighted by Crippen LogP contribution is 2.21. The highest BCUT2D eigenvalue weighted by Gasteiger charge is 2.23. The number of carbonyl (C=O) groups is 1. The first-order chi connectivity index (χ1) is 13.1. The van der Waals surface area contributed by atoms with Gasteiger partial charge in [0.25, 0.3) is 0 Å². The number of halogens is 1. The van der Waals surface area contributed by atoms with Gasteiger partial charge in [0.2, 0.25) is 5.91 Å². The SMILES string of the molecule is CN(CCCCCc1cc(-c2cccc(F)c2)no1)C(=O)C1COCCN1. The Morgan fingerprint density at radius 1 is 1.33 bits per heavy atom. The Kier molecular flexibility index (Phi) is 6.95. The van der Waals surface area contributed by atoms with Gasteiger partial charge in [0.1, 0.15) is 23.3 Å². The molecule has 0 saturated carbocycles. The molecule has 6 nitrogen and oxygen atoms in total. The van der Waals surface area contributed by atoms with Crippen LogP contribution in [0.3, 0.4) is 0 Å². The summed E-state index contributed by atoms with van der Waals surface area (Å²) < 4.78 is 24.0. The predicted octanol–water partition coefficient (Wildman–Crippen LogP) is 2.64. The van der Waals surface area contributed by atoms with E-state index in [4.69, 9.17) is 9.26 Å². The van der Waals surface area contributed by atoms with E-state index in [1.807, 2.05) is 19.2 Å². The maximum atomic E-state index is 13.3. The maximum absolute atomic E-state index is 13.3. The van der Waals surface area contributed by atoms with E-state index in [1.165, 1.54) is 12.1 Å². The fraction of sp³-hybridized carbons (Fsp3) is 0.500. The molecule has 1 aromatic carbocycles. The number of nitrogens with zero attached hydrogens (tertiary/aromatic N) is 2. The molecule has 1 N–H and O–H groups in total. The minimum Gasteiger partial charge on any atom is -0.378 e. The number of ether oxygens (including phenoxy) is 1. The second-order valence-corrected chi connectivity index (χ2v) is 6.84. The summed E-state index contributed by atoms with van der Waals surface area (Å²) in [4.78, 5) is 14.0. The molecule has 0 spiro atoms. The molecule has 2 heterocycles. The van der Waals surface area contributed by atoms with E-state index in [1.54, 1.807) is 11.0 Å². The fourth-order valence-electron chi connectivity index (χ4n) is 3.14. The van der Waals surface area contributed by atoms with Crippen LogP contribution in [0.5, 0.6) is 0 Å². The van der Waals surface area contributed by atoms with Gasteiger partial charge in [0.15, 0.2) is 0 Å². The molecule has 1 aromatic heterocycles. The van der Waals surface area contributed by atoms with Crippen molar-refractivity contribution in [3.63, 3.8) is 0 Å². The largest absolute Gasteiger partial charge is 0.378 e. The normalized spacial score (nSPS) is 17.0. The molecule has 3 rings (SSSR count). The van der Waals surface area contributed by atoms with E-state index >= 15 is 0 Å². The quantitative estimate of drug-likeness (QED) is 0.719. The van der Waals surface area contributed by atoms with Crippen LogP contribution in [0, 0.1) is 5.82 Å². The summed E-state index contributed by atoms with van der Waals surface area (Å²) in [5.74, 6) is 0.595. The Morgan fingerprint density at radius 3 is 3.00 bits per heavy atom. The monoisotopic (exact) mass is 375 g/mol. The highest BCUT2D eigenvalue weighted by atomic mass is 19.1. The number of hydrogen-bond acceptors (Lipinski definition) is 5. The molecule has 1 atom stereocenters. The average Bonchev–Trinajstić information content (AvgIpc) is 3.16. The number of aromatic nitrogens is 1. The molecule has 27 heavy (non-hydrogen) atoms. The van der Waals surface area contributed by atoms with Crippen LogP contribution in [0.25, 0.3) is 11.3 Å². The third kappa shape index (κ3) is 5.61. The van der Waals surface area contributed by atoms with Crippen molar-refractivity contribution in [1.82, 2.24) is 15.4 Å². The summed E-state index contributed by atoms with van der Waals surface area (Å²) in [5, 5.41) is 7.20. The van der Waals surface area contributed by atoms with Crippen LogP contribution in [0.15, 0.2) is 34.9 Å². The predicted molar refractivity (Wildman–Crippen MR) is 99.7 cm³/mol.